The van der Waals surface area contributed by atoms with Crippen molar-refractivity contribution in [3.8, 4) is 0 Å². The van der Waals surface area contributed by atoms with Crippen LogP contribution in [0.3, 0.4) is 0 Å². The molecular formula is C18H13Li. The molecule has 0 bridgehead atoms. The Bertz CT molecular complexity index is 803. The van der Waals surface area contributed by atoms with E-state index in [1.807, 2.05) is 0 Å². The maximum atomic E-state index is 2.24. The molecule has 0 aromatic heterocycles. The van der Waals surface area contributed by atoms with E-state index < -0.39 is 0 Å². The van der Waals surface area contributed by atoms with Crippen molar-refractivity contribution in [1.82, 2.24) is 0 Å². The Morgan fingerprint density at radius 1 is 0.368 bits per heavy atom. The first kappa shape index (κ1) is 12.3. The second-order valence-electron chi connectivity index (χ2n) is 4.67. The summed E-state index contributed by atoms with van der Waals surface area (Å²) in [5.41, 5.74) is 0. The van der Waals surface area contributed by atoms with Gasteiger partial charge in [0.05, 0.1) is 0 Å². The Kier molecular flexibility index (Phi) is 3.07. The molecule has 0 saturated carbocycles. The van der Waals surface area contributed by atoms with Gasteiger partial charge in [0.15, 0.2) is 0 Å². The van der Waals surface area contributed by atoms with Crippen LogP contribution in [0.25, 0.3) is 32.3 Å². The first-order valence-electron chi connectivity index (χ1n) is 6.23. The topological polar surface area (TPSA) is 0 Å². The Labute approximate surface area is 124 Å². The molecule has 0 atom stereocenters. The second-order valence-corrected chi connectivity index (χ2v) is 4.67. The smallest absolute Gasteiger partial charge is 0.00990 e. The van der Waals surface area contributed by atoms with Crippen molar-refractivity contribution in [1.29, 1.82) is 0 Å². The zero-order valence-electron chi connectivity index (χ0n) is 9.93. The molecule has 4 aromatic rings. The van der Waals surface area contributed by atoms with Crippen LogP contribution in [0.5, 0.6) is 0 Å². The van der Waals surface area contributed by atoms with E-state index in [9.17, 15) is 0 Å². The van der Waals surface area contributed by atoms with Crippen LogP contribution in [-0.2, 0) is 0 Å². The molecule has 0 amide bonds. The van der Waals surface area contributed by atoms with E-state index in [1.165, 1.54) is 32.3 Å². The molecule has 0 N–H and O–H groups in total. The fourth-order valence-corrected chi connectivity index (χ4v) is 2.77. The van der Waals surface area contributed by atoms with Crippen LogP contribution in [-0.4, -0.2) is 18.9 Å². The molecule has 0 heterocycles. The molecule has 0 aliphatic heterocycles. The molecule has 4 rings (SSSR count). The SMILES string of the molecule is [LiH].c1ccc2c(c1)ccc1c3ccccc3ccc21. The fourth-order valence-electron chi connectivity index (χ4n) is 2.77. The molecule has 1 heteroatoms. The Balaban J connectivity index is 0.00000110. The number of benzene rings is 4. The van der Waals surface area contributed by atoms with Crippen molar-refractivity contribution in [3.05, 3.63) is 72.8 Å². The van der Waals surface area contributed by atoms with E-state index in [4.69, 9.17) is 0 Å². The fraction of sp³-hybridized carbons (Fsp3) is 0. The van der Waals surface area contributed by atoms with E-state index in [0.29, 0.717) is 0 Å². The summed E-state index contributed by atoms with van der Waals surface area (Å²) in [5.74, 6) is 0. The summed E-state index contributed by atoms with van der Waals surface area (Å²) in [6.07, 6.45) is 0. The Morgan fingerprint density at radius 3 is 1.26 bits per heavy atom. The van der Waals surface area contributed by atoms with Gasteiger partial charge in [-0.05, 0) is 32.3 Å². The van der Waals surface area contributed by atoms with Gasteiger partial charge in [-0.3, -0.25) is 0 Å². The van der Waals surface area contributed by atoms with Crippen LogP contribution in [0, 0.1) is 0 Å². The third-order valence-electron chi connectivity index (χ3n) is 3.65. The number of hydrogen-bond donors (Lipinski definition) is 0. The molecule has 0 aliphatic carbocycles. The monoisotopic (exact) mass is 236 g/mol. The summed E-state index contributed by atoms with van der Waals surface area (Å²) < 4.78 is 0. The minimum Gasteiger partial charge on any atom is -0.0616 e. The van der Waals surface area contributed by atoms with Crippen molar-refractivity contribution in [2.75, 3.05) is 0 Å². The minimum absolute atomic E-state index is 0. The van der Waals surface area contributed by atoms with Gasteiger partial charge in [0.25, 0.3) is 0 Å². The van der Waals surface area contributed by atoms with Crippen LogP contribution in [0.2, 0.25) is 0 Å². The molecule has 0 aliphatic rings. The van der Waals surface area contributed by atoms with Gasteiger partial charge in [-0.25, -0.2) is 0 Å². The average Bonchev–Trinajstić information content (AvgIpc) is 2.46. The normalized spacial score (nSPS) is 10.7. The summed E-state index contributed by atoms with van der Waals surface area (Å²) in [4.78, 5) is 0. The van der Waals surface area contributed by atoms with E-state index >= 15 is 0 Å². The van der Waals surface area contributed by atoms with Crippen LogP contribution in [0.15, 0.2) is 72.8 Å². The van der Waals surface area contributed by atoms with E-state index in [-0.39, 0.29) is 18.9 Å². The molecule has 0 spiro atoms. The quantitative estimate of drug-likeness (QED) is 0.311. The number of fused-ring (bicyclic) bond motifs is 5. The summed E-state index contributed by atoms with van der Waals surface area (Å²) in [6.45, 7) is 0. The summed E-state index contributed by atoms with van der Waals surface area (Å²) in [7, 11) is 0. The van der Waals surface area contributed by atoms with E-state index in [0.717, 1.165) is 0 Å². The first-order valence-corrected chi connectivity index (χ1v) is 6.23. The van der Waals surface area contributed by atoms with Crippen LogP contribution in [0.4, 0.5) is 0 Å². The zero-order valence-corrected chi connectivity index (χ0v) is 9.93. The van der Waals surface area contributed by atoms with Gasteiger partial charge in [0.1, 0.15) is 0 Å². The second kappa shape index (κ2) is 4.74. The molecule has 0 nitrogen and oxygen atoms in total. The summed E-state index contributed by atoms with van der Waals surface area (Å²) in [6, 6.07) is 26.0. The third-order valence-corrected chi connectivity index (χ3v) is 3.65. The molecule has 19 heavy (non-hydrogen) atoms. The van der Waals surface area contributed by atoms with Crippen molar-refractivity contribution < 1.29 is 0 Å². The average molecular weight is 236 g/mol. The zero-order chi connectivity index (χ0) is 11.9. The standard InChI is InChI=1S/C18H12.Li.H/c1-3-7-15-13(5-1)9-11-18-16-8-4-2-6-14(16)10-12-17(15)18;;/h1-12H;;. The van der Waals surface area contributed by atoms with Gasteiger partial charge in [-0.2, -0.15) is 0 Å². The molecule has 0 radical (unpaired) electrons. The number of hydrogen-bond acceptors (Lipinski definition) is 0. The predicted octanol–water partition coefficient (Wildman–Crippen LogP) is 4.50. The first-order chi connectivity index (χ1) is 8.93. The molecule has 86 valence electrons. The van der Waals surface area contributed by atoms with Gasteiger partial charge in [0.2, 0.25) is 0 Å². The molecule has 0 unspecified atom stereocenters. The van der Waals surface area contributed by atoms with Gasteiger partial charge in [-0.1, -0.05) is 72.8 Å². The maximum Gasteiger partial charge on any atom is -0.00990 e. The molecule has 0 fully saturated rings. The largest absolute Gasteiger partial charge is 0.0616 e. The molecule has 0 saturated heterocycles. The van der Waals surface area contributed by atoms with Crippen molar-refractivity contribution >= 4 is 51.2 Å². The molecule has 4 aromatic carbocycles. The minimum atomic E-state index is 0. The number of rotatable bonds is 0. The van der Waals surface area contributed by atoms with Crippen molar-refractivity contribution in [2.45, 2.75) is 0 Å². The van der Waals surface area contributed by atoms with Crippen LogP contribution >= 0.6 is 0 Å². The van der Waals surface area contributed by atoms with Gasteiger partial charge < -0.3 is 0 Å². The van der Waals surface area contributed by atoms with E-state index in [2.05, 4.69) is 72.8 Å². The third kappa shape index (κ3) is 1.85. The summed E-state index contributed by atoms with van der Waals surface area (Å²) >= 11 is 0. The maximum absolute atomic E-state index is 2.24. The summed E-state index contributed by atoms with van der Waals surface area (Å²) in [5, 5.41) is 7.96. The van der Waals surface area contributed by atoms with E-state index in [1.54, 1.807) is 0 Å². The van der Waals surface area contributed by atoms with Crippen LogP contribution in [0.1, 0.15) is 0 Å². The Hall–Kier alpha value is -1.74. The van der Waals surface area contributed by atoms with Gasteiger partial charge in [0, 0.05) is 0 Å². The van der Waals surface area contributed by atoms with Crippen LogP contribution < -0.4 is 0 Å². The Morgan fingerprint density at radius 2 is 0.789 bits per heavy atom. The van der Waals surface area contributed by atoms with Gasteiger partial charge >= 0.3 is 18.9 Å². The van der Waals surface area contributed by atoms with Crippen molar-refractivity contribution in [2.24, 2.45) is 0 Å². The van der Waals surface area contributed by atoms with Crippen molar-refractivity contribution in [3.63, 3.8) is 0 Å². The van der Waals surface area contributed by atoms with Gasteiger partial charge in [-0.15, -0.1) is 0 Å². The predicted molar refractivity (Wildman–Crippen MR) is 86.1 cm³/mol. The molecular weight excluding hydrogens is 223 g/mol.